The molecule has 0 fully saturated rings. The first-order valence-corrected chi connectivity index (χ1v) is 5.94. The van der Waals surface area contributed by atoms with Gasteiger partial charge in [-0.3, -0.25) is 4.55 Å². The van der Waals surface area contributed by atoms with Crippen LogP contribution < -0.4 is 0 Å². The predicted octanol–water partition coefficient (Wildman–Crippen LogP) is 3.23. The summed E-state index contributed by atoms with van der Waals surface area (Å²) in [7, 11) is -6.33. The largest absolute Gasteiger partial charge is 0.431 e. The Morgan fingerprint density at radius 3 is 1.56 bits per heavy atom. The number of halogens is 7. The second kappa shape index (κ2) is 5.19. The zero-order valence-electron chi connectivity index (χ0n) is 8.65. The van der Waals surface area contributed by atoms with E-state index in [4.69, 9.17) is 4.55 Å². The van der Waals surface area contributed by atoms with Crippen LogP contribution >= 0.6 is 0 Å². The molecule has 110 valence electrons. The van der Waals surface area contributed by atoms with Gasteiger partial charge >= 0.3 is 27.5 Å². The van der Waals surface area contributed by atoms with E-state index in [2.05, 4.69) is 0 Å². The van der Waals surface area contributed by atoms with Crippen molar-refractivity contribution < 1.29 is 43.7 Å². The highest BCUT2D eigenvalue weighted by molar-refractivity contribution is 7.87. The fourth-order valence-electron chi connectivity index (χ4n) is 1.01. The van der Waals surface area contributed by atoms with Gasteiger partial charge in [0, 0.05) is 12.8 Å². The summed E-state index contributed by atoms with van der Waals surface area (Å²) in [4.78, 5) is 0. The third-order valence-electron chi connectivity index (χ3n) is 1.95. The number of hydrogen-bond donors (Lipinski definition) is 1. The number of hydrogen-bond acceptors (Lipinski definition) is 2. The van der Waals surface area contributed by atoms with Gasteiger partial charge in [0.05, 0.1) is 0 Å². The SMILES string of the molecule is O=S(=O)(O)C(F)(F)C(F)(F)CCCCC(F)(F)F. The Bertz CT molecular complexity index is 373. The van der Waals surface area contributed by atoms with Crippen molar-refractivity contribution in [1.29, 1.82) is 0 Å². The first-order valence-electron chi connectivity index (χ1n) is 4.50. The molecule has 0 aromatic rings. The molecule has 18 heavy (non-hydrogen) atoms. The lowest BCUT2D eigenvalue weighted by molar-refractivity contribution is -0.167. The quantitative estimate of drug-likeness (QED) is 0.466. The van der Waals surface area contributed by atoms with Gasteiger partial charge in [-0.25, -0.2) is 0 Å². The van der Waals surface area contributed by atoms with Gasteiger partial charge in [0.15, 0.2) is 0 Å². The standard InChI is InChI=1S/C7H9F7O3S/c8-5(9,7(13,14)18(15,16)17)3-1-2-4-6(10,11)12/h1-4H2,(H,15,16,17). The van der Waals surface area contributed by atoms with E-state index in [0.717, 1.165) is 0 Å². The first kappa shape index (κ1) is 17.4. The van der Waals surface area contributed by atoms with Crippen LogP contribution in [0.3, 0.4) is 0 Å². The van der Waals surface area contributed by atoms with E-state index in [1.165, 1.54) is 0 Å². The summed E-state index contributed by atoms with van der Waals surface area (Å²) in [6.07, 6.45) is -9.64. The molecule has 0 radical (unpaired) electrons. The van der Waals surface area contributed by atoms with Gasteiger partial charge in [0.2, 0.25) is 0 Å². The Kier molecular flexibility index (Phi) is 5.03. The predicted molar refractivity (Wildman–Crippen MR) is 46.0 cm³/mol. The molecule has 1 N–H and O–H groups in total. The van der Waals surface area contributed by atoms with E-state index in [0.29, 0.717) is 0 Å². The molecule has 0 rings (SSSR count). The highest BCUT2D eigenvalue weighted by Gasteiger charge is 2.64. The van der Waals surface area contributed by atoms with Crippen molar-refractivity contribution in [2.75, 3.05) is 0 Å². The maximum absolute atomic E-state index is 12.7. The molecule has 0 aliphatic rings. The molecule has 0 unspecified atom stereocenters. The number of unbranched alkanes of at least 4 members (excludes halogenated alkanes) is 1. The molecule has 0 bridgehead atoms. The lowest BCUT2D eigenvalue weighted by atomic mass is 10.1. The van der Waals surface area contributed by atoms with E-state index in [1.807, 2.05) is 0 Å². The third kappa shape index (κ3) is 4.59. The fourth-order valence-corrected chi connectivity index (χ4v) is 1.49. The van der Waals surface area contributed by atoms with Crippen molar-refractivity contribution in [2.45, 2.75) is 43.0 Å². The lowest BCUT2D eigenvalue weighted by Gasteiger charge is -2.23. The summed E-state index contributed by atoms with van der Waals surface area (Å²) < 4.78 is 113. The van der Waals surface area contributed by atoms with Crippen molar-refractivity contribution in [3.8, 4) is 0 Å². The summed E-state index contributed by atoms with van der Waals surface area (Å²) in [5.74, 6) is -5.13. The molecule has 0 amide bonds. The minimum Gasteiger partial charge on any atom is -0.281 e. The Morgan fingerprint density at radius 1 is 0.833 bits per heavy atom. The second-order valence-corrected chi connectivity index (χ2v) is 4.98. The number of alkyl halides is 7. The van der Waals surface area contributed by atoms with Crippen LogP contribution in [0.4, 0.5) is 30.7 Å². The van der Waals surface area contributed by atoms with Crippen LogP contribution in [-0.2, 0) is 10.1 Å². The molecule has 11 heteroatoms. The van der Waals surface area contributed by atoms with Crippen molar-refractivity contribution in [1.82, 2.24) is 0 Å². The van der Waals surface area contributed by atoms with Gasteiger partial charge in [-0.1, -0.05) is 0 Å². The summed E-state index contributed by atoms with van der Waals surface area (Å²) in [6, 6.07) is 0. The van der Waals surface area contributed by atoms with E-state index in [1.54, 1.807) is 0 Å². The monoisotopic (exact) mass is 306 g/mol. The molecule has 0 saturated carbocycles. The molecule has 3 nitrogen and oxygen atoms in total. The molecule has 0 aliphatic carbocycles. The molecule has 0 aromatic heterocycles. The van der Waals surface area contributed by atoms with Crippen LogP contribution in [0.1, 0.15) is 25.7 Å². The molecule has 0 aromatic carbocycles. The van der Waals surface area contributed by atoms with Crippen molar-refractivity contribution >= 4 is 10.1 Å². The number of rotatable bonds is 6. The van der Waals surface area contributed by atoms with E-state index >= 15 is 0 Å². The summed E-state index contributed by atoms with van der Waals surface area (Å²) >= 11 is 0. The van der Waals surface area contributed by atoms with Gasteiger partial charge in [0.1, 0.15) is 0 Å². The van der Waals surface area contributed by atoms with Crippen LogP contribution in [0.15, 0.2) is 0 Å². The summed E-state index contributed by atoms with van der Waals surface area (Å²) in [5, 5.41) is -5.72. The van der Waals surface area contributed by atoms with Crippen molar-refractivity contribution in [3.63, 3.8) is 0 Å². The van der Waals surface area contributed by atoms with Gasteiger partial charge in [0.25, 0.3) is 0 Å². The molecule has 0 atom stereocenters. The molecular weight excluding hydrogens is 297 g/mol. The fraction of sp³-hybridized carbons (Fsp3) is 1.00. The first-order chi connectivity index (χ1) is 7.71. The highest BCUT2D eigenvalue weighted by atomic mass is 32.2. The van der Waals surface area contributed by atoms with Crippen molar-refractivity contribution in [2.24, 2.45) is 0 Å². The Labute approximate surface area is 97.7 Å². The zero-order valence-corrected chi connectivity index (χ0v) is 9.46. The molecule has 0 heterocycles. The minimum absolute atomic E-state index is 0.847. The van der Waals surface area contributed by atoms with E-state index in [9.17, 15) is 39.2 Å². The van der Waals surface area contributed by atoms with Gasteiger partial charge in [-0.2, -0.15) is 39.2 Å². The van der Waals surface area contributed by atoms with Gasteiger partial charge in [-0.05, 0) is 12.8 Å². The van der Waals surface area contributed by atoms with Crippen LogP contribution in [0.2, 0.25) is 0 Å². The van der Waals surface area contributed by atoms with Crippen LogP contribution in [0.5, 0.6) is 0 Å². The Balaban J connectivity index is 4.50. The Morgan fingerprint density at radius 2 is 1.22 bits per heavy atom. The molecule has 0 saturated heterocycles. The average molecular weight is 306 g/mol. The van der Waals surface area contributed by atoms with E-state index < -0.39 is 53.2 Å². The van der Waals surface area contributed by atoms with E-state index in [-0.39, 0.29) is 0 Å². The van der Waals surface area contributed by atoms with Crippen LogP contribution in [0, 0.1) is 0 Å². The maximum Gasteiger partial charge on any atom is 0.431 e. The van der Waals surface area contributed by atoms with Crippen LogP contribution in [-0.4, -0.2) is 30.3 Å². The topological polar surface area (TPSA) is 54.4 Å². The van der Waals surface area contributed by atoms with Gasteiger partial charge < -0.3 is 0 Å². The lowest BCUT2D eigenvalue weighted by Crippen LogP contribution is -2.46. The molecule has 0 spiro atoms. The molecular formula is C7H9F7O3S. The zero-order chi connectivity index (χ0) is 14.8. The second-order valence-electron chi connectivity index (χ2n) is 3.52. The smallest absolute Gasteiger partial charge is 0.281 e. The van der Waals surface area contributed by atoms with Crippen LogP contribution in [0.25, 0.3) is 0 Å². The average Bonchev–Trinajstić information content (AvgIpc) is 2.09. The Hall–Kier alpha value is -0.580. The normalized spacial score (nSPS) is 14.9. The van der Waals surface area contributed by atoms with Gasteiger partial charge in [-0.15, -0.1) is 0 Å². The summed E-state index contributed by atoms with van der Waals surface area (Å²) in [5.41, 5.74) is 0. The maximum atomic E-state index is 12.7. The minimum atomic E-state index is -6.33. The third-order valence-corrected chi connectivity index (χ3v) is 2.90. The summed E-state index contributed by atoms with van der Waals surface area (Å²) in [6.45, 7) is 0. The highest BCUT2D eigenvalue weighted by Crippen LogP contribution is 2.41. The van der Waals surface area contributed by atoms with Crippen molar-refractivity contribution in [3.05, 3.63) is 0 Å². The molecule has 0 aliphatic heterocycles.